The van der Waals surface area contributed by atoms with Crippen LogP contribution in [-0.4, -0.2) is 16.0 Å². The van der Waals surface area contributed by atoms with E-state index in [4.69, 9.17) is 12.2 Å². The Balaban J connectivity index is 2.02. The molecule has 6 heteroatoms. The molecule has 0 spiro atoms. The highest BCUT2D eigenvalue weighted by Gasteiger charge is 2.09. The lowest BCUT2D eigenvalue weighted by Gasteiger charge is -2.10. The number of rotatable bonds is 2. The Bertz CT molecular complexity index is 660. The summed E-state index contributed by atoms with van der Waals surface area (Å²) in [6, 6.07) is 11.0. The van der Waals surface area contributed by atoms with Crippen molar-refractivity contribution < 1.29 is 4.79 Å². The van der Waals surface area contributed by atoms with E-state index in [0.717, 1.165) is 9.13 Å². The van der Waals surface area contributed by atoms with Crippen molar-refractivity contribution in [2.75, 3.05) is 5.32 Å². The van der Waals surface area contributed by atoms with Gasteiger partial charge in [0.1, 0.15) is 5.82 Å². The summed E-state index contributed by atoms with van der Waals surface area (Å²) in [5.41, 5.74) is 1.53. The van der Waals surface area contributed by atoms with E-state index in [1.165, 1.54) is 0 Å². The lowest BCUT2D eigenvalue weighted by molar-refractivity contribution is 0.0977. The molecule has 0 saturated heterocycles. The van der Waals surface area contributed by atoms with E-state index in [2.05, 4.69) is 38.2 Å². The number of nitrogens with zero attached hydrogens (tertiary/aromatic N) is 1. The Hall–Kier alpha value is -1.54. The second kappa shape index (κ2) is 6.76. The standard InChI is InChI=1S/C14H12IN3OS/c1-9-4-3-7-16-12(9)17-14(20)18-13(19)10-5-2-6-11(15)8-10/h2-8H,1H3,(H2,16,17,18,19,20). The molecule has 1 heterocycles. The number of pyridine rings is 1. The number of anilines is 1. The summed E-state index contributed by atoms with van der Waals surface area (Å²) in [7, 11) is 0. The number of carbonyl (C=O) groups is 1. The first kappa shape index (κ1) is 14.9. The predicted molar refractivity (Wildman–Crippen MR) is 91.8 cm³/mol. The summed E-state index contributed by atoms with van der Waals surface area (Å²) >= 11 is 7.28. The fourth-order valence-corrected chi connectivity index (χ4v) is 2.29. The molecule has 1 amide bonds. The van der Waals surface area contributed by atoms with Crippen molar-refractivity contribution in [1.29, 1.82) is 0 Å². The van der Waals surface area contributed by atoms with Crippen LogP contribution in [0.1, 0.15) is 15.9 Å². The van der Waals surface area contributed by atoms with E-state index in [1.54, 1.807) is 18.3 Å². The Labute approximate surface area is 136 Å². The molecular formula is C14H12IN3OS. The number of carbonyl (C=O) groups excluding carboxylic acids is 1. The SMILES string of the molecule is Cc1cccnc1NC(=S)NC(=O)c1cccc(I)c1. The highest BCUT2D eigenvalue weighted by molar-refractivity contribution is 14.1. The van der Waals surface area contributed by atoms with Gasteiger partial charge in [0.2, 0.25) is 0 Å². The van der Waals surface area contributed by atoms with E-state index in [9.17, 15) is 4.79 Å². The molecule has 0 bridgehead atoms. The molecule has 0 saturated carbocycles. The van der Waals surface area contributed by atoms with Crippen molar-refractivity contribution in [3.63, 3.8) is 0 Å². The van der Waals surface area contributed by atoms with Gasteiger partial charge in [-0.1, -0.05) is 12.1 Å². The van der Waals surface area contributed by atoms with Crippen molar-refractivity contribution in [2.24, 2.45) is 0 Å². The minimum absolute atomic E-state index is 0.232. The smallest absolute Gasteiger partial charge is 0.257 e. The van der Waals surface area contributed by atoms with Crippen LogP contribution in [0.3, 0.4) is 0 Å². The number of aromatic nitrogens is 1. The van der Waals surface area contributed by atoms with E-state index < -0.39 is 0 Å². The summed E-state index contributed by atoms with van der Waals surface area (Å²) in [6.07, 6.45) is 1.67. The molecule has 2 N–H and O–H groups in total. The fourth-order valence-electron chi connectivity index (χ4n) is 1.56. The molecule has 0 aliphatic carbocycles. The van der Waals surface area contributed by atoms with Gasteiger partial charge < -0.3 is 5.32 Å². The van der Waals surface area contributed by atoms with Crippen LogP contribution in [0, 0.1) is 10.5 Å². The van der Waals surface area contributed by atoms with Crippen molar-refractivity contribution in [3.8, 4) is 0 Å². The maximum Gasteiger partial charge on any atom is 0.257 e. The first-order valence-corrected chi connectivity index (χ1v) is 7.34. The molecule has 20 heavy (non-hydrogen) atoms. The second-order valence-electron chi connectivity index (χ2n) is 4.09. The average molecular weight is 397 g/mol. The largest absolute Gasteiger partial charge is 0.317 e. The molecule has 0 aliphatic heterocycles. The molecule has 0 aliphatic rings. The minimum Gasteiger partial charge on any atom is -0.317 e. The van der Waals surface area contributed by atoms with Crippen LogP contribution in [-0.2, 0) is 0 Å². The van der Waals surface area contributed by atoms with Gasteiger partial charge in [-0.15, -0.1) is 0 Å². The predicted octanol–water partition coefficient (Wildman–Crippen LogP) is 3.12. The number of aryl methyl sites for hydroxylation is 1. The van der Waals surface area contributed by atoms with Gasteiger partial charge in [-0.2, -0.15) is 0 Å². The Morgan fingerprint density at radius 1 is 1.30 bits per heavy atom. The number of nitrogens with one attached hydrogen (secondary N) is 2. The van der Waals surface area contributed by atoms with Gasteiger partial charge in [-0.25, -0.2) is 4.98 Å². The third kappa shape index (κ3) is 3.97. The lowest BCUT2D eigenvalue weighted by atomic mass is 10.2. The molecule has 102 valence electrons. The zero-order valence-corrected chi connectivity index (χ0v) is 13.7. The molecule has 4 nitrogen and oxygen atoms in total. The maximum atomic E-state index is 12.0. The Morgan fingerprint density at radius 2 is 2.10 bits per heavy atom. The van der Waals surface area contributed by atoms with Gasteiger partial charge in [0.25, 0.3) is 5.91 Å². The molecule has 1 aromatic heterocycles. The summed E-state index contributed by atoms with van der Waals surface area (Å²) < 4.78 is 0.995. The molecule has 0 unspecified atom stereocenters. The van der Waals surface area contributed by atoms with Gasteiger partial charge in [0, 0.05) is 15.3 Å². The van der Waals surface area contributed by atoms with E-state index >= 15 is 0 Å². The number of hydrogen-bond acceptors (Lipinski definition) is 3. The number of halogens is 1. The Morgan fingerprint density at radius 3 is 2.80 bits per heavy atom. The van der Waals surface area contributed by atoms with Crippen LogP contribution >= 0.6 is 34.8 Å². The van der Waals surface area contributed by atoms with Crippen LogP contribution in [0.15, 0.2) is 42.6 Å². The molecule has 2 aromatic rings. The summed E-state index contributed by atoms with van der Waals surface area (Å²) in [5, 5.41) is 5.78. The number of thiocarbonyl (C=S) groups is 1. The highest BCUT2D eigenvalue weighted by Crippen LogP contribution is 2.10. The summed E-state index contributed by atoms with van der Waals surface area (Å²) in [4.78, 5) is 16.2. The lowest BCUT2D eigenvalue weighted by Crippen LogP contribution is -2.34. The van der Waals surface area contributed by atoms with Crippen molar-refractivity contribution in [3.05, 3.63) is 57.3 Å². The third-order valence-corrected chi connectivity index (χ3v) is 3.43. The Kier molecular flexibility index (Phi) is 5.02. The van der Waals surface area contributed by atoms with Crippen LogP contribution in [0.5, 0.6) is 0 Å². The van der Waals surface area contributed by atoms with Crippen LogP contribution in [0.2, 0.25) is 0 Å². The molecule has 1 aromatic carbocycles. The minimum atomic E-state index is -0.241. The number of hydrogen-bond donors (Lipinski definition) is 2. The van der Waals surface area contributed by atoms with Gasteiger partial charge in [0.15, 0.2) is 5.11 Å². The topological polar surface area (TPSA) is 54.0 Å². The summed E-state index contributed by atoms with van der Waals surface area (Å²) in [6.45, 7) is 1.92. The normalized spacial score (nSPS) is 9.90. The quantitative estimate of drug-likeness (QED) is 0.604. The number of benzene rings is 1. The molecule has 0 radical (unpaired) electrons. The first-order chi connectivity index (χ1) is 9.56. The van der Waals surface area contributed by atoms with Gasteiger partial charge >= 0.3 is 0 Å². The van der Waals surface area contributed by atoms with Crippen molar-refractivity contribution >= 4 is 51.6 Å². The van der Waals surface area contributed by atoms with E-state index in [1.807, 2.05) is 31.2 Å². The van der Waals surface area contributed by atoms with Crippen LogP contribution < -0.4 is 10.6 Å². The molecule has 2 rings (SSSR count). The number of amides is 1. The molecular weight excluding hydrogens is 385 g/mol. The first-order valence-electron chi connectivity index (χ1n) is 5.86. The average Bonchev–Trinajstić information content (AvgIpc) is 2.41. The fraction of sp³-hybridized carbons (Fsp3) is 0.0714. The zero-order chi connectivity index (χ0) is 14.5. The zero-order valence-electron chi connectivity index (χ0n) is 10.7. The van der Waals surface area contributed by atoms with Crippen molar-refractivity contribution in [2.45, 2.75) is 6.92 Å². The van der Waals surface area contributed by atoms with Gasteiger partial charge in [0.05, 0.1) is 0 Å². The monoisotopic (exact) mass is 397 g/mol. The summed E-state index contributed by atoms with van der Waals surface area (Å²) in [5.74, 6) is 0.398. The van der Waals surface area contributed by atoms with Gasteiger partial charge in [-0.3, -0.25) is 10.1 Å². The van der Waals surface area contributed by atoms with E-state index in [-0.39, 0.29) is 11.0 Å². The van der Waals surface area contributed by atoms with Crippen LogP contribution in [0.4, 0.5) is 5.82 Å². The van der Waals surface area contributed by atoms with Crippen LogP contribution in [0.25, 0.3) is 0 Å². The molecule has 0 fully saturated rings. The van der Waals surface area contributed by atoms with E-state index in [0.29, 0.717) is 11.4 Å². The maximum absolute atomic E-state index is 12.0. The highest BCUT2D eigenvalue weighted by atomic mass is 127. The van der Waals surface area contributed by atoms with Gasteiger partial charge in [-0.05, 0) is 71.6 Å². The third-order valence-electron chi connectivity index (χ3n) is 2.56. The van der Waals surface area contributed by atoms with Crippen molar-refractivity contribution in [1.82, 2.24) is 10.3 Å². The molecule has 0 atom stereocenters. The second-order valence-corrected chi connectivity index (χ2v) is 5.74.